The molecule has 7 nitrogen and oxygen atoms in total. The van der Waals surface area contributed by atoms with Crippen LogP contribution in [0.3, 0.4) is 0 Å². The Bertz CT molecular complexity index is 1250. The minimum atomic E-state index is -4.02. The Balaban J connectivity index is 1.77. The first-order valence-corrected chi connectivity index (χ1v) is 11.7. The Morgan fingerprint density at radius 1 is 1.06 bits per heavy atom. The summed E-state index contributed by atoms with van der Waals surface area (Å²) in [5, 5.41) is 4.28. The molecule has 0 aliphatic heterocycles. The van der Waals surface area contributed by atoms with Gasteiger partial charge in [-0.1, -0.05) is 60.7 Å². The molecule has 1 amide bonds. The molecule has 0 spiro atoms. The third-order valence-electron chi connectivity index (χ3n) is 4.34. The monoisotopic (exact) mass is 483 g/mol. The molecular formula is C24H22ClN3O4S. The second kappa shape index (κ2) is 11.3. The molecule has 3 aromatic carbocycles. The van der Waals surface area contributed by atoms with E-state index in [-0.39, 0.29) is 10.6 Å². The number of nitrogens with one attached hydrogen (secondary N) is 1. The normalized spacial score (nSPS) is 11.2. The van der Waals surface area contributed by atoms with E-state index in [0.29, 0.717) is 22.9 Å². The highest BCUT2D eigenvalue weighted by Crippen LogP contribution is 2.25. The zero-order chi connectivity index (χ0) is 23.7. The smallest absolute Gasteiger partial charge is 0.264 e. The van der Waals surface area contributed by atoms with Gasteiger partial charge in [-0.2, -0.15) is 5.10 Å². The second-order valence-corrected chi connectivity index (χ2v) is 9.07. The summed E-state index contributed by atoms with van der Waals surface area (Å²) >= 11 is 6.06. The van der Waals surface area contributed by atoms with Crippen molar-refractivity contribution in [3.05, 3.63) is 102 Å². The van der Waals surface area contributed by atoms with Crippen LogP contribution in [-0.2, 0) is 14.8 Å². The van der Waals surface area contributed by atoms with E-state index >= 15 is 0 Å². The van der Waals surface area contributed by atoms with Gasteiger partial charge >= 0.3 is 0 Å². The zero-order valence-corrected chi connectivity index (χ0v) is 19.2. The lowest BCUT2D eigenvalue weighted by molar-refractivity contribution is -0.119. The highest BCUT2D eigenvalue weighted by molar-refractivity contribution is 7.92. The molecule has 3 aromatic rings. The van der Waals surface area contributed by atoms with E-state index in [1.54, 1.807) is 66.7 Å². The van der Waals surface area contributed by atoms with Crippen LogP contribution >= 0.6 is 11.6 Å². The summed E-state index contributed by atoms with van der Waals surface area (Å²) in [6.07, 6.45) is 3.07. The molecule has 0 saturated heterocycles. The first-order valence-electron chi connectivity index (χ1n) is 9.89. The molecule has 9 heteroatoms. The van der Waals surface area contributed by atoms with E-state index in [0.717, 1.165) is 4.31 Å². The number of carbonyl (C=O) groups is 1. The first-order chi connectivity index (χ1) is 15.9. The average molecular weight is 484 g/mol. The summed E-state index contributed by atoms with van der Waals surface area (Å²) in [7, 11) is -4.02. The van der Waals surface area contributed by atoms with Gasteiger partial charge in [0.2, 0.25) is 0 Å². The van der Waals surface area contributed by atoms with E-state index in [9.17, 15) is 13.2 Å². The Labute approximate surface area is 198 Å². The summed E-state index contributed by atoms with van der Waals surface area (Å²) < 4.78 is 32.9. The van der Waals surface area contributed by atoms with Crippen molar-refractivity contribution in [3.63, 3.8) is 0 Å². The molecule has 0 aliphatic rings. The van der Waals surface area contributed by atoms with Crippen molar-refractivity contribution in [3.8, 4) is 5.75 Å². The van der Waals surface area contributed by atoms with Crippen molar-refractivity contribution in [2.75, 3.05) is 17.5 Å². The minimum absolute atomic E-state index is 0.0533. The fraction of sp³-hybridized carbons (Fsp3) is 0.0833. The first kappa shape index (κ1) is 24.0. The molecule has 0 atom stereocenters. The van der Waals surface area contributed by atoms with Crippen molar-refractivity contribution < 1.29 is 17.9 Å². The molecule has 0 fully saturated rings. The van der Waals surface area contributed by atoms with Crippen LogP contribution in [0.2, 0.25) is 5.02 Å². The molecule has 1 N–H and O–H groups in total. The molecule has 0 aromatic heterocycles. The van der Waals surface area contributed by atoms with Gasteiger partial charge in [-0.3, -0.25) is 9.10 Å². The number of hydrazone groups is 1. The minimum Gasteiger partial charge on any atom is -0.490 e. The maximum absolute atomic E-state index is 13.2. The quantitative estimate of drug-likeness (QED) is 0.265. The number of nitrogens with zero attached hydrogens (tertiary/aromatic N) is 2. The van der Waals surface area contributed by atoms with E-state index in [1.807, 2.05) is 0 Å². The van der Waals surface area contributed by atoms with Gasteiger partial charge < -0.3 is 4.74 Å². The molecule has 0 bridgehead atoms. The lowest BCUT2D eigenvalue weighted by Gasteiger charge is -2.23. The predicted octanol–water partition coefficient (Wildman–Crippen LogP) is 4.25. The van der Waals surface area contributed by atoms with Crippen molar-refractivity contribution >= 4 is 39.4 Å². The molecule has 170 valence electrons. The summed E-state index contributed by atoms with van der Waals surface area (Å²) in [4.78, 5) is 12.6. The molecule has 0 saturated carbocycles. The van der Waals surface area contributed by atoms with Gasteiger partial charge in [0.25, 0.3) is 15.9 Å². The topological polar surface area (TPSA) is 88.1 Å². The van der Waals surface area contributed by atoms with Crippen molar-refractivity contribution in [1.82, 2.24) is 5.43 Å². The highest BCUT2D eigenvalue weighted by Gasteiger charge is 2.27. The van der Waals surface area contributed by atoms with Crippen LogP contribution in [0.25, 0.3) is 0 Å². The summed E-state index contributed by atoms with van der Waals surface area (Å²) in [5.41, 5.74) is 3.32. The molecule has 0 unspecified atom stereocenters. The van der Waals surface area contributed by atoms with Gasteiger partial charge in [-0.05, 0) is 48.0 Å². The molecular weight excluding hydrogens is 462 g/mol. The van der Waals surface area contributed by atoms with Crippen molar-refractivity contribution in [2.24, 2.45) is 5.10 Å². The van der Waals surface area contributed by atoms with Crippen molar-refractivity contribution in [2.45, 2.75) is 4.90 Å². The van der Waals surface area contributed by atoms with Gasteiger partial charge in [-0.25, -0.2) is 13.8 Å². The Morgan fingerprint density at radius 2 is 1.82 bits per heavy atom. The number of rotatable bonds is 10. The molecule has 3 rings (SSSR count). The molecule has 0 aliphatic carbocycles. The van der Waals surface area contributed by atoms with Crippen LogP contribution < -0.4 is 14.5 Å². The summed E-state index contributed by atoms with van der Waals surface area (Å²) in [6.45, 7) is 3.48. The number of anilines is 1. The van der Waals surface area contributed by atoms with Crippen LogP contribution in [0.5, 0.6) is 5.75 Å². The number of hydrogen-bond acceptors (Lipinski definition) is 5. The average Bonchev–Trinajstić information content (AvgIpc) is 2.82. The summed E-state index contributed by atoms with van der Waals surface area (Å²) in [5.74, 6) is 0.0102. The van der Waals surface area contributed by atoms with Gasteiger partial charge in [0.05, 0.1) is 16.8 Å². The zero-order valence-electron chi connectivity index (χ0n) is 17.6. The van der Waals surface area contributed by atoms with E-state index in [2.05, 4.69) is 17.1 Å². The number of ether oxygens (including phenoxy) is 1. The lowest BCUT2D eigenvalue weighted by Crippen LogP contribution is -2.39. The maximum Gasteiger partial charge on any atom is 0.264 e. The molecule has 0 radical (unpaired) electrons. The SMILES string of the molecule is C=CCOc1cccc(/C=N\NC(=O)CN(c2cccc(Cl)c2)S(=O)(=O)c2ccccc2)c1. The van der Waals surface area contributed by atoms with Gasteiger partial charge in [0, 0.05) is 5.02 Å². The number of amides is 1. The number of benzene rings is 3. The molecule has 33 heavy (non-hydrogen) atoms. The fourth-order valence-corrected chi connectivity index (χ4v) is 4.47. The Morgan fingerprint density at radius 3 is 2.55 bits per heavy atom. The van der Waals surface area contributed by atoms with Crippen LogP contribution in [-0.4, -0.2) is 33.7 Å². The lowest BCUT2D eigenvalue weighted by atomic mass is 10.2. The van der Waals surface area contributed by atoms with Crippen molar-refractivity contribution in [1.29, 1.82) is 0 Å². The fourth-order valence-electron chi connectivity index (χ4n) is 2.85. The van der Waals surface area contributed by atoms with Gasteiger partial charge in [-0.15, -0.1) is 0 Å². The van der Waals surface area contributed by atoms with E-state index in [1.165, 1.54) is 24.4 Å². The number of hydrogen-bond donors (Lipinski definition) is 1. The number of carbonyl (C=O) groups excluding carboxylic acids is 1. The third kappa shape index (κ3) is 6.68. The number of sulfonamides is 1. The van der Waals surface area contributed by atoms with Gasteiger partial charge in [0.15, 0.2) is 0 Å². The third-order valence-corrected chi connectivity index (χ3v) is 6.37. The Hall–Kier alpha value is -3.62. The predicted molar refractivity (Wildman–Crippen MR) is 130 cm³/mol. The summed E-state index contributed by atoms with van der Waals surface area (Å²) in [6, 6.07) is 21.2. The van der Waals surface area contributed by atoms with Crippen LogP contribution in [0.1, 0.15) is 5.56 Å². The van der Waals surface area contributed by atoms with E-state index in [4.69, 9.17) is 16.3 Å². The van der Waals surface area contributed by atoms with Gasteiger partial charge in [0.1, 0.15) is 18.9 Å². The van der Waals surface area contributed by atoms with Crippen LogP contribution in [0.15, 0.2) is 102 Å². The Kier molecular flexibility index (Phi) is 8.23. The van der Waals surface area contributed by atoms with Crippen LogP contribution in [0, 0.1) is 0 Å². The largest absolute Gasteiger partial charge is 0.490 e. The highest BCUT2D eigenvalue weighted by atomic mass is 35.5. The standard InChI is InChI=1S/C24H22ClN3O4S/c1-2-14-32-22-11-6-8-19(15-22)17-26-27-24(29)18-28(21-10-7-9-20(25)16-21)33(30,31)23-12-4-3-5-13-23/h2-13,15-17H,1,14,18H2,(H,27,29)/b26-17-. The number of halogens is 1. The second-order valence-electron chi connectivity index (χ2n) is 6.77. The molecule has 0 heterocycles. The van der Waals surface area contributed by atoms with E-state index < -0.39 is 22.5 Å². The van der Waals surface area contributed by atoms with Crippen LogP contribution in [0.4, 0.5) is 5.69 Å². The maximum atomic E-state index is 13.2.